The second kappa shape index (κ2) is 5.26. The maximum atomic E-state index is 4.81. The SMILES string of the molecule is CC(C)(C)c1ncc2c(n1)CN(Cc1ccsc1)CC2. The average Bonchev–Trinajstić information content (AvgIpc) is 2.90. The zero-order valence-electron chi connectivity index (χ0n) is 12.4. The molecule has 3 rings (SSSR count). The van der Waals surface area contributed by atoms with E-state index < -0.39 is 0 Å². The number of aromatic nitrogens is 2. The van der Waals surface area contributed by atoms with Gasteiger partial charge in [0.05, 0.1) is 5.69 Å². The Balaban J connectivity index is 1.79. The molecule has 4 heteroatoms. The van der Waals surface area contributed by atoms with Gasteiger partial charge in [-0.25, -0.2) is 9.97 Å². The van der Waals surface area contributed by atoms with Crippen LogP contribution < -0.4 is 0 Å². The van der Waals surface area contributed by atoms with Crippen LogP contribution in [0.3, 0.4) is 0 Å². The highest BCUT2D eigenvalue weighted by molar-refractivity contribution is 7.07. The van der Waals surface area contributed by atoms with Crippen LogP contribution in [0, 0.1) is 0 Å². The van der Waals surface area contributed by atoms with E-state index in [1.54, 1.807) is 11.3 Å². The summed E-state index contributed by atoms with van der Waals surface area (Å²) in [5, 5.41) is 4.38. The number of rotatable bonds is 2. The molecule has 0 atom stereocenters. The lowest BCUT2D eigenvalue weighted by Crippen LogP contribution is -2.32. The van der Waals surface area contributed by atoms with E-state index in [-0.39, 0.29) is 5.41 Å². The van der Waals surface area contributed by atoms with Gasteiger partial charge in [-0.15, -0.1) is 0 Å². The van der Waals surface area contributed by atoms with Crippen molar-refractivity contribution < 1.29 is 0 Å². The van der Waals surface area contributed by atoms with Crippen molar-refractivity contribution in [2.45, 2.75) is 45.7 Å². The molecule has 0 aromatic carbocycles. The van der Waals surface area contributed by atoms with Crippen molar-refractivity contribution >= 4 is 11.3 Å². The number of hydrogen-bond acceptors (Lipinski definition) is 4. The van der Waals surface area contributed by atoms with E-state index in [0.29, 0.717) is 0 Å². The molecule has 3 heterocycles. The largest absolute Gasteiger partial charge is 0.293 e. The molecule has 3 nitrogen and oxygen atoms in total. The van der Waals surface area contributed by atoms with Gasteiger partial charge < -0.3 is 0 Å². The molecule has 0 saturated heterocycles. The number of nitrogens with zero attached hydrogens (tertiary/aromatic N) is 3. The van der Waals surface area contributed by atoms with E-state index >= 15 is 0 Å². The Morgan fingerprint density at radius 2 is 2.20 bits per heavy atom. The summed E-state index contributed by atoms with van der Waals surface area (Å²) in [6, 6.07) is 2.21. The summed E-state index contributed by atoms with van der Waals surface area (Å²) in [4.78, 5) is 11.8. The van der Waals surface area contributed by atoms with Gasteiger partial charge >= 0.3 is 0 Å². The first-order chi connectivity index (χ1) is 9.52. The first-order valence-corrected chi connectivity index (χ1v) is 8.05. The number of thiophene rings is 1. The third kappa shape index (κ3) is 2.91. The fourth-order valence-electron chi connectivity index (χ4n) is 2.49. The van der Waals surface area contributed by atoms with Gasteiger partial charge in [-0.05, 0) is 34.4 Å². The summed E-state index contributed by atoms with van der Waals surface area (Å²) in [5.41, 5.74) is 3.96. The number of fused-ring (bicyclic) bond motifs is 1. The summed E-state index contributed by atoms with van der Waals surface area (Å²) in [6.07, 6.45) is 3.09. The Hall–Kier alpha value is -1.26. The monoisotopic (exact) mass is 287 g/mol. The van der Waals surface area contributed by atoms with Crippen molar-refractivity contribution in [2.24, 2.45) is 0 Å². The molecule has 0 radical (unpaired) electrons. The maximum absolute atomic E-state index is 4.81. The first kappa shape index (κ1) is 13.7. The molecule has 2 aromatic heterocycles. The molecule has 0 unspecified atom stereocenters. The van der Waals surface area contributed by atoms with Crippen LogP contribution in [0.4, 0.5) is 0 Å². The van der Waals surface area contributed by atoms with Crippen LogP contribution >= 0.6 is 11.3 Å². The lowest BCUT2D eigenvalue weighted by atomic mass is 9.95. The fraction of sp³-hybridized carbons (Fsp3) is 0.500. The topological polar surface area (TPSA) is 29.0 Å². The highest BCUT2D eigenvalue weighted by atomic mass is 32.1. The third-order valence-electron chi connectivity index (χ3n) is 3.68. The first-order valence-electron chi connectivity index (χ1n) is 7.11. The molecular weight excluding hydrogens is 266 g/mol. The molecule has 0 fully saturated rings. The van der Waals surface area contributed by atoms with Crippen LogP contribution in [0.2, 0.25) is 0 Å². The van der Waals surface area contributed by atoms with E-state index in [1.165, 1.54) is 16.8 Å². The van der Waals surface area contributed by atoms with Gasteiger partial charge in [0.25, 0.3) is 0 Å². The van der Waals surface area contributed by atoms with Crippen molar-refractivity contribution in [2.75, 3.05) is 6.54 Å². The Morgan fingerprint density at radius 1 is 1.35 bits per heavy atom. The molecule has 0 spiro atoms. The summed E-state index contributed by atoms with van der Waals surface area (Å²) in [6.45, 7) is 9.57. The molecule has 106 valence electrons. The number of hydrogen-bond donors (Lipinski definition) is 0. The molecule has 0 saturated carbocycles. The fourth-order valence-corrected chi connectivity index (χ4v) is 3.15. The Morgan fingerprint density at radius 3 is 2.90 bits per heavy atom. The minimum absolute atomic E-state index is 0.0185. The van der Waals surface area contributed by atoms with Crippen LogP contribution in [0.1, 0.15) is 43.4 Å². The predicted molar refractivity (Wildman–Crippen MR) is 82.9 cm³/mol. The molecule has 0 aliphatic carbocycles. The smallest absolute Gasteiger partial charge is 0.133 e. The Bertz CT molecular complexity index is 584. The van der Waals surface area contributed by atoms with E-state index in [1.807, 2.05) is 6.20 Å². The van der Waals surface area contributed by atoms with Crippen molar-refractivity contribution in [3.05, 3.63) is 45.7 Å². The standard InChI is InChI=1S/C16H21N3S/c1-16(2,3)15-17-8-13-4-6-19(10-14(13)18-15)9-12-5-7-20-11-12/h5,7-8,11H,4,6,9-10H2,1-3H3. The van der Waals surface area contributed by atoms with Crippen molar-refractivity contribution in [1.29, 1.82) is 0 Å². The lowest BCUT2D eigenvalue weighted by Gasteiger charge is -2.28. The third-order valence-corrected chi connectivity index (χ3v) is 4.41. The van der Waals surface area contributed by atoms with E-state index in [2.05, 4.69) is 47.5 Å². The zero-order chi connectivity index (χ0) is 14.2. The zero-order valence-corrected chi connectivity index (χ0v) is 13.2. The van der Waals surface area contributed by atoms with E-state index in [9.17, 15) is 0 Å². The molecule has 0 bridgehead atoms. The van der Waals surface area contributed by atoms with Gasteiger partial charge in [0, 0.05) is 31.2 Å². The van der Waals surface area contributed by atoms with Gasteiger partial charge in [-0.1, -0.05) is 20.8 Å². The van der Waals surface area contributed by atoms with Crippen LogP contribution in [-0.4, -0.2) is 21.4 Å². The van der Waals surface area contributed by atoms with Gasteiger partial charge in [-0.2, -0.15) is 11.3 Å². The second-order valence-corrected chi connectivity index (χ2v) is 7.29. The summed E-state index contributed by atoms with van der Waals surface area (Å²) in [7, 11) is 0. The highest BCUT2D eigenvalue weighted by Gasteiger charge is 2.22. The molecule has 20 heavy (non-hydrogen) atoms. The molecule has 1 aliphatic rings. The lowest BCUT2D eigenvalue weighted by molar-refractivity contribution is 0.240. The van der Waals surface area contributed by atoms with Crippen molar-refractivity contribution in [3.8, 4) is 0 Å². The normalized spacial score (nSPS) is 16.1. The van der Waals surface area contributed by atoms with Gasteiger partial charge in [-0.3, -0.25) is 4.90 Å². The Labute approximate surface area is 124 Å². The molecule has 0 N–H and O–H groups in total. The van der Waals surface area contributed by atoms with Gasteiger partial charge in [0.15, 0.2) is 0 Å². The van der Waals surface area contributed by atoms with Crippen LogP contribution in [0.5, 0.6) is 0 Å². The second-order valence-electron chi connectivity index (χ2n) is 6.51. The summed E-state index contributed by atoms with van der Waals surface area (Å²) < 4.78 is 0. The van der Waals surface area contributed by atoms with Crippen LogP contribution in [-0.2, 0) is 24.9 Å². The average molecular weight is 287 g/mol. The summed E-state index contributed by atoms with van der Waals surface area (Å²) in [5.74, 6) is 0.952. The van der Waals surface area contributed by atoms with Crippen LogP contribution in [0.15, 0.2) is 23.0 Å². The quantitative estimate of drug-likeness (QED) is 0.848. The highest BCUT2D eigenvalue weighted by Crippen LogP contribution is 2.23. The molecular formula is C16H21N3S. The maximum Gasteiger partial charge on any atom is 0.133 e. The van der Waals surface area contributed by atoms with Gasteiger partial charge in [0.1, 0.15) is 5.82 Å². The minimum Gasteiger partial charge on any atom is -0.293 e. The van der Waals surface area contributed by atoms with Crippen molar-refractivity contribution in [3.63, 3.8) is 0 Å². The van der Waals surface area contributed by atoms with Gasteiger partial charge in [0.2, 0.25) is 0 Å². The Kier molecular flexibility index (Phi) is 3.61. The summed E-state index contributed by atoms with van der Waals surface area (Å²) >= 11 is 1.77. The predicted octanol–water partition coefficient (Wildman–Crippen LogP) is 3.39. The molecule has 1 aliphatic heterocycles. The minimum atomic E-state index is 0.0185. The molecule has 2 aromatic rings. The van der Waals surface area contributed by atoms with E-state index in [4.69, 9.17) is 4.98 Å². The van der Waals surface area contributed by atoms with Crippen LogP contribution in [0.25, 0.3) is 0 Å². The molecule has 0 amide bonds. The van der Waals surface area contributed by atoms with Crippen molar-refractivity contribution in [1.82, 2.24) is 14.9 Å². The van der Waals surface area contributed by atoms with E-state index in [0.717, 1.165) is 31.9 Å².